The van der Waals surface area contributed by atoms with Crippen molar-refractivity contribution in [2.75, 3.05) is 18.5 Å². The molecule has 0 saturated heterocycles. The van der Waals surface area contributed by atoms with Gasteiger partial charge in [-0.15, -0.1) is 0 Å². The van der Waals surface area contributed by atoms with Crippen molar-refractivity contribution in [3.8, 4) is 12.1 Å². The van der Waals surface area contributed by atoms with E-state index in [-0.39, 0.29) is 0 Å². The molecule has 0 unspecified atom stereocenters. The minimum Gasteiger partial charge on any atom is -0.358 e. The van der Waals surface area contributed by atoms with Crippen LogP contribution >= 0.6 is 0 Å². The molecule has 1 heterocycles. The average molecular weight is 236 g/mol. The molecule has 0 saturated carbocycles. The maximum absolute atomic E-state index is 9.17. The molecule has 0 atom stereocenters. The molecule has 0 aliphatic rings. The van der Waals surface area contributed by atoms with E-state index in [1.165, 1.54) is 0 Å². The van der Waals surface area contributed by atoms with Gasteiger partial charge in [-0.05, 0) is 12.1 Å². The first-order valence-electron chi connectivity index (χ1n) is 5.64. The molecule has 0 radical (unpaired) electrons. The maximum atomic E-state index is 9.17. The van der Waals surface area contributed by atoms with Crippen LogP contribution in [0.4, 0.5) is 5.82 Å². The number of hydrogen-bond acceptors (Lipinski definition) is 4. The van der Waals surface area contributed by atoms with Gasteiger partial charge in [-0.2, -0.15) is 10.5 Å². The Bertz CT molecular complexity index is 649. The zero-order chi connectivity index (χ0) is 13.0. The van der Waals surface area contributed by atoms with Gasteiger partial charge in [0.05, 0.1) is 23.6 Å². The number of anilines is 1. The van der Waals surface area contributed by atoms with E-state index in [1.54, 1.807) is 0 Å². The summed E-state index contributed by atoms with van der Waals surface area (Å²) in [5.41, 5.74) is 1.39. The molecule has 0 fully saturated rings. The summed E-state index contributed by atoms with van der Waals surface area (Å²) in [5, 5.41) is 18.7. The van der Waals surface area contributed by atoms with Crippen LogP contribution in [-0.2, 0) is 0 Å². The van der Waals surface area contributed by atoms with Crippen molar-refractivity contribution in [1.82, 2.24) is 4.98 Å². The topological polar surface area (TPSA) is 63.7 Å². The second kappa shape index (κ2) is 5.16. The van der Waals surface area contributed by atoms with Gasteiger partial charge in [0.15, 0.2) is 0 Å². The maximum Gasteiger partial charge on any atom is 0.147 e. The van der Waals surface area contributed by atoms with Crippen LogP contribution in [-0.4, -0.2) is 18.6 Å². The van der Waals surface area contributed by atoms with E-state index in [2.05, 4.69) is 17.1 Å². The fraction of sp³-hybridized carbons (Fsp3) is 0.214. The van der Waals surface area contributed by atoms with Gasteiger partial charge in [0.1, 0.15) is 11.9 Å². The van der Waals surface area contributed by atoms with Crippen LogP contribution in [0.15, 0.2) is 30.3 Å². The zero-order valence-electron chi connectivity index (χ0n) is 10.1. The molecular formula is C14H12N4. The standard InChI is InChI=1S/C14H12N4/c1-18(8-4-7-15)14-12(10-16)9-11-5-2-3-6-13(11)17-14/h2-3,5-6,9H,4,8H2,1H3. The Hall–Kier alpha value is -2.59. The second-order valence-electron chi connectivity index (χ2n) is 3.99. The SMILES string of the molecule is CN(CCC#N)c1nc2ccccc2cc1C#N. The van der Waals surface area contributed by atoms with Crippen molar-refractivity contribution < 1.29 is 0 Å². The summed E-state index contributed by atoms with van der Waals surface area (Å²) in [7, 11) is 1.84. The third kappa shape index (κ3) is 2.23. The van der Waals surface area contributed by atoms with Gasteiger partial charge in [-0.3, -0.25) is 0 Å². The molecule has 2 rings (SSSR count). The molecule has 2 aromatic rings. The van der Waals surface area contributed by atoms with E-state index >= 15 is 0 Å². The second-order valence-corrected chi connectivity index (χ2v) is 3.99. The van der Waals surface area contributed by atoms with E-state index < -0.39 is 0 Å². The first kappa shape index (κ1) is 11.9. The van der Waals surface area contributed by atoms with Gasteiger partial charge < -0.3 is 4.90 Å². The lowest BCUT2D eigenvalue weighted by atomic mass is 10.1. The number of fused-ring (bicyclic) bond motifs is 1. The molecule has 4 heteroatoms. The van der Waals surface area contributed by atoms with Crippen LogP contribution in [0.5, 0.6) is 0 Å². The van der Waals surface area contributed by atoms with Gasteiger partial charge in [0.2, 0.25) is 0 Å². The lowest BCUT2D eigenvalue weighted by molar-refractivity contribution is 0.886. The Morgan fingerprint density at radius 3 is 2.78 bits per heavy atom. The normalized spacial score (nSPS) is 9.72. The fourth-order valence-corrected chi connectivity index (χ4v) is 1.80. The van der Waals surface area contributed by atoms with Crippen molar-refractivity contribution in [3.63, 3.8) is 0 Å². The summed E-state index contributed by atoms with van der Waals surface area (Å²) in [6.07, 6.45) is 0.413. The van der Waals surface area contributed by atoms with Crippen LogP contribution < -0.4 is 4.90 Å². The lowest BCUT2D eigenvalue weighted by Crippen LogP contribution is -2.20. The third-order valence-corrected chi connectivity index (χ3v) is 2.74. The molecular weight excluding hydrogens is 224 g/mol. The van der Waals surface area contributed by atoms with Gasteiger partial charge in [-0.1, -0.05) is 18.2 Å². The van der Waals surface area contributed by atoms with E-state index in [0.717, 1.165) is 10.9 Å². The number of benzene rings is 1. The fourth-order valence-electron chi connectivity index (χ4n) is 1.80. The molecule has 18 heavy (non-hydrogen) atoms. The van der Waals surface area contributed by atoms with Crippen LogP contribution in [0, 0.1) is 22.7 Å². The van der Waals surface area contributed by atoms with Gasteiger partial charge in [0, 0.05) is 19.0 Å². The quantitative estimate of drug-likeness (QED) is 0.821. The first-order valence-corrected chi connectivity index (χ1v) is 5.64. The Morgan fingerprint density at radius 2 is 2.06 bits per heavy atom. The predicted octanol–water partition coefficient (Wildman–Crippen LogP) is 2.46. The summed E-state index contributed by atoms with van der Waals surface area (Å²) in [4.78, 5) is 6.33. The Labute approximate surface area is 106 Å². The zero-order valence-corrected chi connectivity index (χ0v) is 10.1. The number of nitrogens with zero attached hydrogens (tertiary/aromatic N) is 4. The van der Waals surface area contributed by atoms with Crippen LogP contribution in [0.2, 0.25) is 0 Å². The van der Waals surface area contributed by atoms with E-state index in [1.807, 2.05) is 42.3 Å². The van der Waals surface area contributed by atoms with E-state index in [4.69, 9.17) is 5.26 Å². The number of nitriles is 2. The molecule has 0 spiro atoms. The molecule has 1 aromatic carbocycles. The molecule has 0 aliphatic heterocycles. The molecule has 0 bridgehead atoms. The van der Waals surface area contributed by atoms with Gasteiger partial charge >= 0.3 is 0 Å². The van der Waals surface area contributed by atoms with Gasteiger partial charge in [0.25, 0.3) is 0 Å². The summed E-state index contributed by atoms with van der Waals surface area (Å²) in [6.45, 7) is 0.566. The van der Waals surface area contributed by atoms with Crippen LogP contribution in [0.25, 0.3) is 10.9 Å². The Kier molecular flexibility index (Phi) is 3.41. The molecule has 0 N–H and O–H groups in total. The highest BCUT2D eigenvalue weighted by molar-refractivity contribution is 5.82. The highest BCUT2D eigenvalue weighted by Gasteiger charge is 2.10. The minimum absolute atomic E-state index is 0.413. The lowest BCUT2D eigenvalue weighted by Gasteiger charge is -2.18. The van der Waals surface area contributed by atoms with E-state index in [0.29, 0.717) is 24.3 Å². The summed E-state index contributed by atoms with van der Waals surface area (Å²) in [6, 6.07) is 13.8. The molecule has 0 aliphatic carbocycles. The van der Waals surface area contributed by atoms with Crippen molar-refractivity contribution in [3.05, 3.63) is 35.9 Å². The minimum atomic E-state index is 0.413. The van der Waals surface area contributed by atoms with Crippen molar-refractivity contribution in [2.45, 2.75) is 6.42 Å². The largest absolute Gasteiger partial charge is 0.358 e. The van der Waals surface area contributed by atoms with Crippen LogP contribution in [0.1, 0.15) is 12.0 Å². The summed E-state index contributed by atoms with van der Waals surface area (Å²) >= 11 is 0. The number of aromatic nitrogens is 1. The monoisotopic (exact) mass is 236 g/mol. The smallest absolute Gasteiger partial charge is 0.147 e. The average Bonchev–Trinajstić information content (AvgIpc) is 2.43. The van der Waals surface area contributed by atoms with Crippen LogP contribution in [0.3, 0.4) is 0 Å². The van der Waals surface area contributed by atoms with Crippen molar-refractivity contribution in [1.29, 1.82) is 10.5 Å². The van der Waals surface area contributed by atoms with Crippen molar-refractivity contribution >= 4 is 16.7 Å². The van der Waals surface area contributed by atoms with Crippen molar-refractivity contribution in [2.24, 2.45) is 0 Å². The molecule has 1 aromatic heterocycles. The highest BCUT2D eigenvalue weighted by atomic mass is 15.2. The summed E-state index contributed by atoms with van der Waals surface area (Å²) in [5.74, 6) is 0.631. The third-order valence-electron chi connectivity index (χ3n) is 2.74. The molecule has 0 amide bonds. The number of rotatable bonds is 3. The van der Waals surface area contributed by atoms with E-state index in [9.17, 15) is 5.26 Å². The summed E-state index contributed by atoms with van der Waals surface area (Å²) < 4.78 is 0. The number of pyridine rings is 1. The molecule has 4 nitrogen and oxygen atoms in total. The Balaban J connectivity index is 2.49. The first-order chi connectivity index (χ1) is 8.76. The van der Waals surface area contributed by atoms with Gasteiger partial charge in [-0.25, -0.2) is 4.98 Å². The molecule has 88 valence electrons. The predicted molar refractivity (Wildman–Crippen MR) is 70.0 cm³/mol. The number of para-hydroxylation sites is 1. The Morgan fingerprint density at radius 1 is 1.28 bits per heavy atom. The number of hydrogen-bond donors (Lipinski definition) is 0. The highest BCUT2D eigenvalue weighted by Crippen LogP contribution is 2.22.